The SMILES string of the molecule is COc1cccc(OC[C@@H](O)CNC(=O)c2cc(COc3ccc(F)c(F)c3)on2)c1. The van der Waals surface area contributed by atoms with Gasteiger partial charge in [0.15, 0.2) is 23.1 Å². The molecule has 8 nitrogen and oxygen atoms in total. The van der Waals surface area contributed by atoms with Crippen LogP contribution in [-0.2, 0) is 6.61 Å². The van der Waals surface area contributed by atoms with Gasteiger partial charge in [0.1, 0.15) is 36.6 Å². The number of halogens is 2. The minimum absolute atomic E-state index is 0.0233. The van der Waals surface area contributed by atoms with Crippen molar-refractivity contribution in [2.24, 2.45) is 0 Å². The van der Waals surface area contributed by atoms with Gasteiger partial charge in [-0.2, -0.15) is 0 Å². The predicted molar refractivity (Wildman–Crippen MR) is 104 cm³/mol. The van der Waals surface area contributed by atoms with Gasteiger partial charge in [-0.15, -0.1) is 0 Å². The standard InChI is InChI=1S/C21H20F2N2O6/c1-28-14-3-2-4-15(7-14)29-11-13(26)10-24-21(27)20-9-17(31-25-20)12-30-16-5-6-18(22)19(23)8-16/h2-9,13,26H,10-12H2,1H3,(H,24,27)/t13-/m0/s1. The molecule has 0 aliphatic carbocycles. The summed E-state index contributed by atoms with van der Waals surface area (Å²) < 4.78 is 46.9. The normalized spacial score (nSPS) is 11.6. The first-order valence-electron chi connectivity index (χ1n) is 9.21. The second-order valence-electron chi connectivity index (χ2n) is 6.40. The molecule has 0 aliphatic heterocycles. The largest absolute Gasteiger partial charge is 0.497 e. The highest BCUT2D eigenvalue weighted by molar-refractivity contribution is 5.92. The van der Waals surface area contributed by atoms with Crippen molar-refractivity contribution >= 4 is 5.91 Å². The van der Waals surface area contributed by atoms with Crippen molar-refractivity contribution < 1.29 is 37.4 Å². The lowest BCUT2D eigenvalue weighted by molar-refractivity contribution is 0.0836. The summed E-state index contributed by atoms with van der Waals surface area (Å²) >= 11 is 0. The lowest BCUT2D eigenvalue weighted by Crippen LogP contribution is -2.35. The summed E-state index contributed by atoms with van der Waals surface area (Å²) in [6, 6.07) is 11.3. The Morgan fingerprint density at radius 2 is 1.87 bits per heavy atom. The molecule has 3 rings (SSSR count). The van der Waals surface area contributed by atoms with E-state index in [0.29, 0.717) is 11.5 Å². The van der Waals surface area contributed by atoms with Crippen LogP contribution in [0.1, 0.15) is 16.2 Å². The number of nitrogens with one attached hydrogen (secondary N) is 1. The Hall–Kier alpha value is -3.66. The van der Waals surface area contributed by atoms with E-state index in [9.17, 15) is 18.7 Å². The third kappa shape index (κ3) is 6.41. The van der Waals surface area contributed by atoms with Crippen LogP contribution in [0.25, 0.3) is 0 Å². The summed E-state index contributed by atoms with van der Waals surface area (Å²) in [5.41, 5.74) is -0.0233. The van der Waals surface area contributed by atoms with Gasteiger partial charge in [-0.3, -0.25) is 4.79 Å². The third-order valence-corrected chi connectivity index (χ3v) is 4.05. The highest BCUT2D eigenvalue weighted by Gasteiger charge is 2.15. The van der Waals surface area contributed by atoms with E-state index in [0.717, 1.165) is 12.1 Å². The topological polar surface area (TPSA) is 103 Å². The predicted octanol–water partition coefficient (Wildman–Crippen LogP) is 2.71. The summed E-state index contributed by atoms with van der Waals surface area (Å²) in [5.74, 6) is -1.14. The molecular formula is C21H20F2N2O6. The van der Waals surface area contributed by atoms with Crippen molar-refractivity contribution in [1.82, 2.24) is 10.5 Å². The molecule has 1 atom stereocenters. The lowest BCUT2D eigenvalue weighted by Gasteiger charge is -2.13. The number of ether oxygens (including phenoxy) is 3. The van der Waals surface area contributed by atoms with Crippen molar-refractivity contribution in [3.63, 3.8) is 0 Å². The van der Waals surface area contributed by atoms with Crippen molar-refractivity contribution in [2.45, 2.75) is 12.7 Å². The average molecular weight is 434 g/mol. The van der Waals surface area contributed by atoms with Gasteiger partial charge in [0, 0.05) is 24.7 Å². The molecule has 0 saturated heterocycles. The molecule has 0 spiro atoms. The number of carbonyl (C=O) groups is 1. The minimum atomic E-state index is -1.04. The molecule has 1 heterocycles. The van der Waals surface area contributed by atoms with Gasteiger partial charge in [0.05, 0.1) is 7.11 Å². The van der Waals surface area contributed by atoms with Crippen LogP contribution in [0.15, 0.2) is 53.1 Å². The van der Waals surface area contributed by atoms with E-state index in [-0.39, 0.29) is 37.0 Å². The van der Waals surface area contributed by atoms with Gasteiger partial charge >= 0.3 is 0 Å². The van der Waals surface area contributed by atoms with E-state index >= 15 is 0 Å². The van der Waals surface area contributed by atoms with Gasteiger partial charge in [0.25, 0.3) is 5.91 Å². The molecule has 0 bridgehead atoms. The maximum atomic E-state index is 13.2. The summed E-state index contributed by atoms with van der Waals surface area (Å²) in [4.78, 5) is 12.1. The smallest absolute Gasteiger partial charge is 0.273 e. The average Bonchev–Trinajstić information content (AvgIpc) is 3.26. The van der Waals surface area contributed by atoms with Crippen molar-refractivity contribution in [2.75, 3.05) is 20.3 Å². The van der Waals surface area contributed by atoms with E-state index in [1.54, 1.807) is 24.3 Å². The second-order valence-corrected chi connectivity index (χ2v) is 6.40. The van der Waals surface area contributed by atoms with E-state index in [1.807, 2.05) is 0 Å². The monoisotopic (exact) mass is 434 g/mol. The van der Waals surface area contributed by atoms with Crippen molar-refractivity contribution in [3.8, 4) is 17.2 Å². The Balaban J connectivity index is 1.43. The molecule has 2 aromatic carbocycles. The Labute approximate surface area is 176 Å². The molecule has 1 amide bonds. The quantitative estimate of drug-likeness (QED) is 0.506. The van der Waals surface area contributed by atoms with Crippen LogP contribution in [0.5, 0.6) is 17.2 Å². The molecule has 0 aliphatic rings. The van der Waals surface area contributed by atoms with Crippen LogP contribution >= 0.6 is 0 Å². The number of aromatic nitrogens is 1. The summed E-state index contributed by atoms with van der Waals surface area (Å²) in [7, 11) is 1.54. The zero-order valence-corrected chi connectivity index (χ0v) is 16.5. The van der Waals surface area contributed by atoms with Crippen LogP contribution in [0.2, 0.25) is 0 Å². The third-order valence-electron chi connectivity index (χ3n) is 4.05. The maximum Gasteiger partial charge on any atom is 0.273 e. The molecule has 0 saturated carbocycles. The van der Waals surface area contributed by atoms with Crippen LogP contribution in [-0.4, -0.2) is 42.5 Å². The van der Waals surface area contributed by atoms with Crippen LogP contribution in [0.3, 0.4) is 0 Å². The summed E-state index contributed by atoms with van der Waals surface area (Å²) in [6.45, 7) is -0.252. The number of methoxy groups -OCH3 is 1. The number of benzene rings is 2. The number of aliphatic hydroxyl groups is 1. The van der Waals surface area contributed by atoms with Crippen LogP contribution in [0, 0.1) is 11.6 Å². The Kier molecular flexibility index (Phi) is 7.39. The Morgan fingerprint density at radius 3 is 2.65 bits per heavy atom. The maximum absolute atomic E-state index is 13.2. The molecule has 31 heavy (non-hydrogen) atoms. The summed E-state index contributed by atoms with van der Waals surface area (Å²) in [5, 5.41) is 16.1. The molecule has 3 aromatic rings. The zero-order valence-electron chi connectivity index (χ0n) is 16.5. The van der Waals surface area contributed by atoms with Gasteiger partial charge in [-0.05, 0) is 24.3 Å². The molecule has 1 aromatic heterocycles. The number of rotatable bonds is 10. The molecule has 0 unspecified atom stereocenters. The van der Waals surface area contributed by atoms with Gasteiger partial charge in [0.2, 0.25) is 0 Å². The fourth-order valence-electron chi connectivity index (χ4n) is 2.45. The number of aliphatic hydroxyl groups excluding tert-OH is 1. The Bertz CT molecular complexity index is 1030. The van der Waals surface area contributed by atoms with E-state index in [4.69, 9.17) is 18.7 Å². The molecule has 2 N–H and O–H groups in total. The first kappa shape index (κ1) is 22.0. The highest BCUT2D eigenvalue weighted by atomic mass is 19.2. The Morgan fingerprint density at radius 1 is 1.10 bits per heavy atom. The fraction of sp³-hybridized carbons (Fsp3) is 0.238. The van der Waals surface area contributed by atoms with Gasteiger partial charge in [-0.25, -0.2) is 8.78 Å². The summed E-state index contributed by atoms with van der Waals surface area (Å²) in [6.07, 6.45) is -0.960. The van der Waals surface area contributed by atoms with E-state index in [2.05, 4.69) is 10.5 Å². The van der Waals surface area contributed by atoms with E-state index in [1.165, 1.54) is 19.2 Å². The lowest BCUT2D eigenvalue weighted by atomic mass is 10.3. The number of hydrogen-bond acceptors (Lipinski definition) is 7. The first-order valence-corrected chi connectivity index (χ1v) is 9.21. The molecule has 10 heteroatoms. The van der Waals surface area contributed by atoms with E-state index < -0.39 is 23.6 Å². The van der Waals surface area contributed by atoms with Gasteiger partial charge < -0.3 is 29.2 Å². The molecule has 0 radical (unpaired) electrons. The van der Waals surface area contributed by atoms with Crippen LogP contribution < -0.4 is 19.5 Å². The van der Waals surface area contributed by atoms with Crippen molar-refractivity contribution in [3.05, 3.63) is 71.6 Å². The zero-order chi connectivity index (χ0) is 22.2. The molecule has 0 fully saturated rings. The number of carbonyl (C=O) groups excluding carboxylic acids is 1. The van der Waals surface area contributed by atoms with Gasteiger partial charge in [-0.1, -0.05) is 11.2 Å². The first-order chi connectivity index (χ1) is 14.9. The fourth-order valence-corrected chi connectivity index (χ4v) is 2.45. The van der Waals surface area contributed by atoms with Crippen LogP contribution in [0.4, 0.5) is 8.78 Å². The minimum Gasteiger partial charge on any atom is -0.497 e. The second kappa shape index (κ2) is 10.4. The number of nitrogens with zero attached hydrogens (tertiary/aromatic N) is 1. The molecule has 164 valence electrons. The number of amides is 1. The molecular weight excluding hydrogens is 414 g/mol. The number of hydrogen-bond donors (Lipinski definition) is 2. The highest BCUT2D eigenvalue weighted by Crippen LogP contribution is 2.19. The van der Waals surface area contributed by atoms with Crippen molar-refractivity contribution in [1.29, 1.82) is 0 Å².